The molecule has 0 amide bonds. The number of sulfone groups is 1. The van der Waals surface area contributed by atoms with Gasteiger partial charge in [-0.2, -0.15) is 0 Å². The minimum absolute atomic E-state index is 0.0409. The Labute approximate surface area is 87.5 Å². The molecule has 2 heterocycles. The Morgan fingerprint density at radius 3 is 2.53 bits per heavy atom. The number of aromatic nitrogens is 2. The van der Waals surface area contributed by atoms with Crippen LogP contribution >= 0.6 is 0 Å². The highest BCUT2D eigenvalue weighted by Crippen LogP contribution is 2.21. The molecule has 1 aliphatic heterocycles. The average molecular weight is 226 g/mol. The quantitative estimate of drug-likeness (QED) is 0.668. The number of carbonyl (C=O) groups is 1. The van der Waals surface area contributed by atoms with E-state index in [-0.39, 0.29) is 17.3 Å². The third-order valence-corrected chi connectivity index (χ3v) is 4.22. The number of ketones is 1. The third-order valence-electron chi connectivity index (χ3n) is 2.45. The molecule has 15 heavy (non-hydrogen) atoms. The van der Waals surface area contributed by atoms with Crippen molar-refractivity contribution in [3.05, 3.63) is 24.3 Å². The van der Waals surface area contributed by atoms with Crippen LogP contribution in [0.3, 0.4) is 0 Å². The van der Waals surface area contributed by atoms with Crippen LogP contribution < -0.4 is 0 Å². The standard InChI is InChI=1S/C9H10N2O3S/c12-9(8-3-10-6-11-4-8)7-1-2-15(13,14)5-7/h3-4,6-7H,1-2,5H2. The van der Waals surface area contributed by atoms with Gasteiger partial charge < -0.3 is 0 Å². The molecule has 1 aromatic heterocycles. The van der Waals surface area contributed by atoms with Gasteiger partial charge in [-0.25, -0.2) is 18.4 Å². The molecule has 1 aliphatic rings. The van der Waals surface area contributed by atoms with Crippen LogP contribution in [0.15, 0.2) is 18.7 Å². The van der Waals surface area contributed by atoms with Crippen LogP contribution in [0.4, 0.5) is 0 Å². The zero-order valence-corrected chi connectivity index (χ0v) is 8.77. The van der Waals surface area contributed by atoms with Crippen LogP contribution in [-0.4, -0.2) is 35.7 Å². The lowest BCUT2D eigenvalue weighted by Gasteiger charge is -2.04. The van der Waals surface area contributed by atoms with E-state index in [1.807, 2.05) is 0 Å². The second-order valence-corrected chi connectivity index (χ2v) is 5.82. The fourth-order valence-electron chi connectivity index (χ4n) is 1.66. The van der Waals surface area contributed by atoms with Gasteiger partial charge >= 0.3 is 0 Å². The van der Waals surface area contributed by atoms with E-state index < -0.39 is 15.8 Å². The SMILES string of the molecule is O=C(c1cncnc1)C1CCS(=O)(=O)C1. The predicted molar refractivity (Wildman–Crippen MR) is 53.1 cm³/mol. The Hall–Kier alpha value is -1.30. The average Bonchev–Trinajstić information content (AvgIpc) is 2.59. The molecule has 1 aromatic rings. The zero-order chi connectivity index (χ0) is 10.9. The van der Waals surface area contributed by atoms with E-state index >= 15 is 0 Å². The molecular weight excluding hydrogens is 216 g/mol. The van der Waals surface area contributed by atoms with Gasteiger partial charge in [-0.3, -0.25) is 4.79 Å². The summed E-state index contributed by atoms with van der Waals surface area (Å²) in [6.07, 6.45) is 4.58. The minimum Gasteiger partial charge on any atom is -0.294 e. The highest BCUT2D eigenvalue weighted by atomic mass is 32.2. The van der Waals surface area contributed by atoms with E-state index in [1.165, 1.54) is 18.7 Å². The van der Waals surface area contributed by atoms with Gasteiger partial charge in [0, 0.05) is 18.3 Å². The molecule has 0 aromatic carbocycles. The van der Waals surface area contributed by atoms with E-state index in [0.717, 1.165) is 0 Å². The molecule has 0 N–H and O–H groups in total. The molecule has 0 spiro atoms. The van der Waals surface area contributed by atoms with Crippen LogP contribution in [0.2, 0.25) is 0 Å². The molecule has 80 valence electrons. The van der Waals surface area contributed by atoms with Crippen molar-refractivity contribution in [1.82, 2.24) is 9.97 Å². The van der Waals surface area contributed by atoms with Gasteiger partial charge in [0.1, 0.15) is 6.33 Å². The van der Waals surface area contributed by atoms with E-state index in [9.17, 15) is 13.2 Å². The summed E-state index contributed by atoms with van der Waals surface area (Å²) in [6.45, 7) is 0. The Bertz CT molecular complexity index is 469. The number of hydrogen-bond acceptors (Lipinski definition) is 5. The maximum absolute atomic E-state index is 11.8. The van der Waals surface area contributed by atoms with Crippen LogP contribution in [0, 0.1) is 5.92 Å². The molecule has 0 aliphatic carbocycles. The Morgan fingerprint density at radius 1 is 1.33 bits per heavy atom. The van der Waals surface area contributed by atoms with E-state index in [0.29, 0.717) is 12.0 Å². The van der Waals surface area contributed by atoms with Crippen molar-refractivity contribution in [3.8, 4) is 0 Å². The molecular formula is C9H10N2O3S. The van der Waals surface area contributed by atoms with E-state index in [4.69, 9.17) is 0 Å². The molecule has 0 saturated carbocycles. The van der Waals surface area contributed by atoms with Crippen molar-refractivity contribution < 1.29 is 13.2 Å². The summed E-state index contributed by atoms with van der Waals surface area (Å²) in [7, 11) is -3.01. The molecule has 1 fully saturated rings. The van der Waals surface area contributed by atoms with Crippen molar-refractivity contribution in [1.29, 1.82) is 0 Å². The first kappa shape index (κ1) is 10.2. The van der Waals surface area contributed by atoms with Gasteiger partial charge in [0.05, 0.1) is 17.1 Å². The fraction of sp³-hybridized carbons (Fsp3) is 0.444. The minimum atomic E-state index is -3.01. The summed E-state index contributed by atoms with van der Waals surface area (Å²) in [6, 6.07) is 0. The lowest BCUT2D eigenvalue weighted by Crippen LogP contribution is -2.16. The summed E-state index contributed by atoms with van der Waals surface area (Å²) in [5.74, 6) is -0.518. The summed E-state index contributed by atoms with van der Waals surface area (Å²) >= 11 is 0. The lowest BCUT2D eigenvalue weighted by atomic mass is 9.99. The highest BCUT2D eigenvalue weighted by molar-refractivity contribution is 7.91. The van der Waals surface area contributed by atoms with Crippen LogP contribution in [0.1, 0.15) is 16.8 Å². The smallest absolute Gasteiger partial charge is 0.170 e. The zero-order valence-electron chi connectivity index (χ0n) is 7.96. The van der Waals surface area contributed by atoms with Gasteiger partial charge in [0.15, 0.2) is 15.6 Å². The normalized spacial score (nSPS) is 23.9. The fourth-order valence-corrected chi connectivity index (χ4v) is 3.41. The second kappa shape index (κ2) is 3.69. The number of hydrogen-bond donors (Lipinski definition) is 0. The lowest BCUT2D eigenvalue weighted by molar-refractivity contribution is 0.0932. The first-order valence-electron chi connectivity index (χ1n) is 4.58. The maximum atomic E-state index is 11.8. The van der Waals surface area contributed by atoms with Crippen molar-refractivity contribution in [2.45, 2.75) is 6.42 Å². The van der Waals surface area contributed by atoms with Gasteiger partial charge in [-0.1, -0.05) is 0 Å². The van der Waals surface area contributed by atoms with Crippen molar-refractivity contribution in [3.63, 3.8) is 0 Å². The number of carbonyl (C=O) groups excluding carboxylic acids is 1. The first-order valence-corrected chi connectivity index (χ1v) is 6.40. The number of rotatable bonds is 2. The Kier molecular flexibility index (Phi) is 2.52. The summed E-state index contributed by atoms with van der Waals surface area (Å²) in [5.41, 5.74) is 0.389. The molecule has 6 heteroatoms. The largest absolute Gasteiger partial charge is 0.294 e. The summed E-state index contributed by atoms with van der Waals surface area (Å²) in [5, 5.41) is 0. The molecule has 5 nitrogen and oxygen atoms in total. The summed E-state index contributed by atoms with van der Waals surface area (Å²) < 4.78 is 22.4. The molecule has 0 radical (unpaired) electrons. The van der Waals surface area contributed by atoms with Crippen molar-refractivity contribution in [2.75, 3.05) is 11.5 Å². The van der Waals surface area contributed by atoms with E-state index in [1.54, 1.807) is 0 Å². The monoisotopic (exact) mass is 226 g/mol. The summed E-state index contributed by atoms with van der Waals surface area (Å²) in [4.78, 5) is 19.3. The topological polar surface area (TPSA) is 77.0 Å². The Morgan fingerprint density at radius 2 is 2.00 bits per heavy atom. The molecule has 1 saturated heterocycles. The highest BCUT2D eigenvalue weighted by Gasteiger charge is 2.33. The maximum Gasteiger partial charge on any atom is 0.170 e. The van der Waals surface area contributed by atoms with Gasteiger partial charge in [-0.05, 0) is 6.42 Å². The number of nitrogens with zero attached hydrogens (tertiary/aromatic N) is 2. The molecule has 2 rings (SSSR count). The van der Waals surface area contributed by atoms with Gasteiger partial charge in [0.2, 0.25) is 0 Å². The van der Waals surface area contributed by atoms with Crippen molar-refractivity contribution in [2.24, 2.45) is 5.92 Å². The second-order valence-electron chi connectivity index (χ2n) is 3.59. The third kappa shape index (κ3) is 2.20. The number of Topliss-reactive ketones (excluding diaryl/α,β-unsaturated/α-hetero) is 1. The van der Waals surface area contributed by atoms with Crippen molar-refractivity contribution >= 4 is 15.6 Å². The van der Waals surface area contributed by atoms with Crippen LogP contribution in [-0.2, 0) is 9.84 Å². The van der Waals surface area contributed by atoms with E-state index in [2.05, 4.69) is 9.97 Å². The molecule has 1 atom stereocenters. The molecule has 1 unspecified atom stereocenters. The van der Waals surface area contributed by atoms with Crippen LogP contribution in [0.25, 0.3) is 0 Å². The first-order chi connectivity index (χ1) is 7.08. The van der Waals surface area contributed by atoms with Gasteiger partial charge in [-0.15, -0.1) is 0 Å². The molecule has 0 bridgehead atoms. The predicted octanol–water partition coefficient (Wildman–Crippen LogP) is 0.0940. The Balaban J connectivity index is 2.18. The van der Waals surface area contributed by atoms with Crippen LogP contribution in [0.5, 0.6) is 0 Å². The van der Waals surface area contributed by atoms with Gasteiger partial charge in [0.25, 0.3) is 0 Å².